The van der Waals surface area contributed by atoms with Crippen LogP contribution in [0.5, 0.6) is 0 Å². The monoisotopic (exact) mass is 405 g/mol. The van der Waals surface area contributed by atoms with E-state index < -0.39 is 0 Å². The molecular formula is C14H11Br2ClFN. The highest BCUT2D eigenvalue weighted by molar-refractivity contribution is 9.10. The Labute approximate surface area is 133 Å². The van der Waals surface area contributed by atoms with Crippen LogP contribution < -0.4 is 5.73 Å². The van der Waals surface area contributed by atoms with E-state index in [1.165, 1.54) is 12.1 Å². The van der Waals surface area contributed by atoms with Crippen molar-refractivity contribution in [1.29, 1.82) is 0 Å². The Kier molecular flexibility index (Phi) is 5.01. The number of halogens is 4. The lowest BCUT2D eigenvalue weighted by Crippen LogP contribution is -2.13. The Balaban J connectivity index is 2.20. The Morgan fingerprint density at radius 2 is 1.89 bits per heavy atom. The SMILES string of the molecule is NC(Cc1cc(F)cc(Br)c1)c1ccc(Br)c(Cl)c1. The van der Waals surface area contributed by atoms with Crippen molar-refractivity contribution in [2.24, 2.45) is 5.73 Å². The van der Waals surface area contributed by atoms with Crippen molar-refractivity contribution in [1.82, 2.24) is 0 Å². The fraction of sp³-hybridized carbons (Fsp3) is 0.143. The third kappa shape index (κ3) is 4.02. The Hall–Kier alpha value is -0.420. The van der Waals surface area contributed by atoms with Gasteiger partial charge in [0.25, 0.3) is 0 Å². The second-order valence-electron chi connectivity index (χ2n) is 4.26. The molecule has 1 nitrogen and oxygen atoms in total. The fourth-order valence-corrected chi connectivity index (χ4v) is 2.79. The molecule has 0 aromatic heterocycles. The van der Waals surface area contributed by atoms with Crippen LogP contribution in [0.15, 0.2) is 45.3 Å². The highest BCUT2D eigenvalue weighted by Gasteiger charge is 2.10. The topological polar surface area (TPSA) is 26.0 Å². The van der Waals surface area contributed by atoms with Gasteiger partial charge in [0.05, 0.1) is 5.02 Å². The van der Waals surface area contributed by atoms with Crippen LogP contribution in [0.3, 0.4) is 0 Å². The molecule has 0 aliphatic carbocycles. The minimum absolute atomic E-state index is 0.223. The van der Waals surface area contributed by atoms with E-state index in [9.17, 15) is 4.39 Å². The maximum absolute atomic E-state index is 13.3. The molecular weight excluding hydrogens is 396 g/mol. The molecule has 0 heterocycles. The zero-order valence-corrected chi connectivity index (χ0v) is 13.8. The number of rotatable bonds is 3. The Morgan fingerprint density at radius 3 is 2.53 bits per heavy atom. The molecule has 2 aromatic carbocycles. The molecule has 0 spiro atoms. The van der Waals surface area contributed by atoms with E-state index in [-0.39, 0.29) is 11.9 Å². The van der Waals surface area contributed by atoms with Gasteiger partial charge in [-0.2, -0.15) is 0 Å². The van der Waals surface area contributed by atoms with Crippen LogP contribution in [-0.4, -0.2) is 0 Å². The first-order valence-electron chi connectivity index (χ1n) is 5.61. The zero-order valence-electron chi connectivity index (χ0n) is 9.84. The van der Waals surface area contributed by atoms with Gasteiger partial charge < -0.3 is 5.73 Å². The van der Waals surface area contributed by atoms with E-state index in [0.29, 0.717) is 15.9 Å². The molecule has 0 saturated carbocycles. The molecule has 0 aliphatic heterocycles. The van der Waals surface area contributed by atoms with E-state index in [1.54, 1.807) is 0 Å². The van der Waals surface area contributed by atoms with Gasteiger partial charge in [0.15, 0.2) is 0 Å². The van der Waals surface area contributed by atoms with E-state index in [0.717, 1.165) is 15.6 Å². The minimum Gasteiger partial charge on any atom is -0.324 e. The van der Waals surface area contributed by atoms with Crippen molar-refractivity contribution in [3.63, 3.8) is 0 Å². The molecule has 2 N–H and O–H groups in total. The second kappa shape index (κ2) is 6.35. The van der Waals surface area contributed by atoms with Gasteiger partial charge in [0, 0.05) is 15.0 Å². The van der Waals surface area contributed by atoms with Crippen LogP contribution in [0.1, 0.15) is 17.2 Å². The second-order valence-corrected chi connectivity index (χ2v) is 6.44. The number of hydrogen-bond donors (Lipinski definition) is 1. The molecule has 0 aliphatic rings. The predicted octanol–water partition coefficient (Wildman–Crippen LogP) is 5.25. The van der Waals surface area contributed by atoms with Crippen LogP contribution >= 0.6 is 43.5 Å². The standard InChI is InChI=1S/C14H11Br2ClFN/c15-10-3-8(4-11(18)7-10)5-14(19)9-1-2-12(16)13(17)6-9/h1-4,6-7,14H,5,19H2. The van der Waals surface area contributed by atoms with Crippen molar-refractivity contribution >= 4 is 43.5 Å². The molecule has 2 rings (SSSR count). The molecule has 2 aromatic rings. The van der Waals surface area contributed by atoms with Crippen LogP contribution in [0.2, 0.25) is 5.02 Å². The summed E-state index contributed by atoms with van der Waals surface area (Å²) >= 11 is 12.6. The normalized spacial score (nSPS) is 12.5. The number of benzene rings is 2. The minimum atomic E-state index is -0.273. The smallest absolute Gasteiger partial charge is 0.124 e. The van der Waals surface area contributed by atoms with Crippen molar-refractivity contribution < 1.29 is 4.39 Å². The molecule has 100 valence electrons. The maximum Gasteiger partial charge on any atom is 0.124 e. The Bertz CT molecular complexity index is 584. The van der Waals surface area contributed by atoms with Crippen LogP contribution in [0.4, 0.5) is 4.39 Å². The number of nitrogens with two attached hydrogens (primary N) is 1. The molecule has 0 bridgehead atoms. The van der Waals surface area contributed by atoms with Crippen LogP contribution in [-0.2, 0) is 6.42 Å². The summed E-state index contributed by atoms with van der Waals surface area (Å²) in [7, 11) is 0. The molecule has 19 heavy (non-hydrogen) atoms. The van der Waals surface area contributed by atoms with E-state index in [1.807, 2.05) is 24.3 Å². The van der Waals surface area contributed by atoms with Gasteiger partial charge in [-0.1, -0.05) is 33.6 Å². The molecule has 1 atom stereocenters. The summed E-state index contributed by atoms with van der Waals surface area (Å²) in [6.45, 7) is 0. The van der Waals surface area contributed by atoms with Crippen molar-refractivity contribution in [3.05, 3.63) is 67.3 Å². The van der Waals surface area contributed by atoms with Gasteiger partial charge in [-0.15, -0.1) is 0 Å². The van der Waals surface area contributed by atoms with Crippen LogP contribution in [0, 0.1) is 5.82 Å². The maximum atomic E-state index is 13.3. The summed E-state index contributed by atoms with van der Waals surface area (Å²) in [6.07, 6.45) is 0.550. The molecule has 1 unspecified atom stereocenters. The summed E-state index contributed by atoms with van der Waals surface area (Å²) < 4.78 is 14.8. The third-order valence-corrected chi connectivity index (χ3v) is 4.44. The van der Waals surface area contributed by atoms with Gasteiger partial charge in [-0.3, -0.25) is 0 Å². The van der Waals surface area contributed by atoms with E-state index >= 15 is 0 Å². The summed E-state index contributed by atoms with van der Waals surface area (Å²) in [5.41, 5.74) is 7.90. The summed E-state index contributed by atoms with van der Waals surface area (Å²) in [4.78, 5) is 0. The molecule has 0 amide bonds. The molecule has 0 saturated heterocycles. The zero-order chi connectivity index (χ0) is 14.0. The average molecular weight is 408 g/mol. The van der Waals surface area contributed by atoms with Gasteiger partial charge in [-0.05, 0) is 63.8 Å². The van der Waals surface area contributed by atoms with Gasteiger partial charge in [0.2, 0.25) is 0 Å². The Morgan fingerprint density at radius 1 is 1.16 bits per heavy atom. The highest BCUT2D eigenvalue weighted by Crippen LogP contribution is 2.27. The summed E-state index contributed by atoms with van der Waals surface area (Å²) in [6, 6.07) is 10.2. The average Bonchev–Trinajstić information content (AvgIpc) is 2.31. The lowest BCUT2D eigenvalue weighted by atomic mass is 10.00. The van der Waals surface area contributed by atoms with E-state index in [2.05, 4.69) is 31.9 Å². The summed E-state index contributed by atoms with van der Waals surface area (Å²) in [5, 5.41) is 0.619. The van der Waals surface area contributed by atoms with Gasteiger partial charge in [0.1, 0.15) is 5.82 Å². The quantitative estimate of drug-likeness (QED) is 0.739. The number of hydrogen-bond acceptors (Lipinski definition) is 1. The van der Waals surface area contributed by atoms with Crippen molar-refractivity contribution in [2.75, 3.05) is 0 Å². The van der Waals surface area contributed by atoms with Crippen LogP contribution in [0.25, 0.3) is 0 Å². The van der Waals surface area contributed by atoms with Crippen molar-refractivity contribution in [3.8, 4) is 0 Å². The van der Waals surface area contributed by atoms with Crippen molar-refractivity contribution in [2.45, 2.75) is 12.5 Å². The highest BCUT2D eigenvalue weighted by atomic mass is 79.9. The molecule has 5 heteroatoms. The third-order valence-electron chi connectivity index (χ3n) is 2.75. The molecule has 0 radical (unpaired) electrons. The fourth-order valence-electron chi connectivity index (χ4n) is 1.84. The first-order chi connectivity index (χ1) is 8.95. The first kappa shape index (κ1) is 15.0. The summed E-state index contributed by atoms with van der Waals surface area (Å²) in [5.74, 6) is -0.273. The first-order valence-corrected chi connectivity index (χ1v) is 7.57. The van der Waals surface area contributed by atoms with E-state index in [4.69, 9.17) is 17.3 Å². The van der Waals surface area contributed by atoms with Gasteiger partial charge >= 0.3 is 0 Å². The lowest BCUT2D eigenvalue weighted by molar-refractivity contribution is 0.621. The molecule has 0 fully saturated rings. The largest absolute Gasteiger partial charge is 0.324 e. The lowest BCUT2D eigenvalue weighted by Gasteiger charge is -2.13. The predicted molar refractivity (Wildman–Crippen MR) is 83.9 cm³/mol. The van der Waals surface area contributed by atoms with Gasteiger partial charge in [-0.25, -0.2) is 4.39 Å².